The van der Waals surface area contributed by atoms with E-state index in [2.05, 4.69) is 50.1 Å². The Morgan fingerprint density at radius 2 is 2.05 bits per heavy atom. The third-order valence-corrected chi connectivity index (χ3v) is 5.99. The van der Waals surface area contributed by atoms with Gasteiger partial charge in [-0.3, -0.25) is 9.69 Å². The van der Waals surface area contributed by atoms with E-state index in [4.69, 9.17) is 0 Å². The molecule has 20 heavy (non-hydrogen) atoms. The fourth-order valence-corrected chi connectivity index (χ4v) is 4.90. The number of hydrogen-bond acceptors (Lipinski definition) is 4. The lowest BCUT2D eigenvalue weighted by molar-refractivity contribution is -0.128. The van der Waals surface area contributed by atoms with Crippen molar-refractivity contribution in [3.63, 3.8) is 0 Å². The van der Waals surface area contributed by atoms with E-state index < -0.39 is 0 Å². The lowest BCUT2D eigenvalue weighted by Gasteiger charge is -2.33. The van der Waals surface area contributed by atoms with Gasteiger partial charge in [-0.1, -0.05) is 6.07 Å². The van der Waals surface area contributed by atoms with Crippen molar-refractivity contribution >= 4 is 29.0 Å². The molecule has 0 spiro atoms. The van der Waals surface area contributed by atoms with Crippen LogP contribution < -0.4 is 0 Å². The van der Waals surface area contributed by atoms with Crippen molar-refractivity contribution < 1.29 is 4.79 Å². The molecule has 1 unspecified atom stereocenters. The Morgan fingerprint density at radius 3 is 2.60 bits per heavy atom. The second-order valence-corrected chi connectivity index (χ2v) is 7.74. The van der Waals surface area contributed by atoms with Crippen LogP contribution in [0.3, 0.4) is 0 Å². The fourth-order valence-electron chi connectivity index (χ4n) is 2.70. The molecule has 112 valence electrons. The van der Waals surface area contributed by atoms with Crippen molar-refractivity contribution in [1.29, 1.82) is 0 Å². The molecule has 1 fully saturated rings. The molecule has 1 amide bonds. The van der Waals surface area contributed by atoms with Crippen LogP contribution in [0.1, 0.15) is 37.9 Å². The molecule has 2 rings (SSSR count). The van der Waals surface area contributed by atoms with Crippen molar-refractivity contribution in [2.45, 2.75) is 45.2 Å². The lowest BCUT2D eigenvalue weighted by Crippen LogP contribution is -2.43. The van der Waals surface area contributed by atoms with Gasteiger partial charge in [0.1, 0.15) is 5.37 Å². The average Bonchev–Trinajstić information content (AvgIpc) is 2.99. The summed E-state index contributed by atoms with van der Waals surface area (Å²) in [4.78, 5) is 17.9. The highest BCUT2D eigenvalue weighted by Crippen LogP contribution is 2.40. The second kappa shape index (κ2) is 6.96. The molecule has 2 heterocycles. The second-order valence-electron chi connectivity index (χ2n) is 5.69. The normalized spacial score (nSPS) is 19.9. The highest BCUT2D eigenvalue weighted by molar-refractivity contribution is 8.00. The predicted molar refractivity (Wildman–Crippen MR) is 88.2 cm³/mol. The smallest absolute Gasteiger partial charge is 0.233 e. The summed E-state index contributed by atoms with van der Waals surface area (Å²) >= 11 is 3.50. The number of amides is 1. The van der Waals surface area contributed by atoms with E-state index >= 15 is 0 Å². The monoisotopic (exact) mass is 312 g/mol. The van der Waals surface area contributed by atoms with Gasteiger partial charge in [0.2, 0.25) is 5.91 Å². The SMILES string of the molecule is CC(C)N(CCN1C(=O)CSC1c1cccs1)C(C)C. The van der Waals surface area contributed by atoms with Crippen molar-refractivity contribution in [3.8, 4) is 0 Å². The number of carbonyl (C=O) groups is 1. The molecule has 0 N–H and O–H groups in total. The van der Waals surface area contributed by atoms with Crippen molar-refractivity contribution in [2.75, 3.05) is 18.8 Å². The third-order valence-electron chi connectivity index (χ3n) is 3.68. The van der Waals surface area contributed by atoms with Gasteiger partial charge in [0.15, 0.2) is 0 Å². The van der Waals surface area contributed by atoms with E-state index in [9.17, 15) is 4.79 Å². The molecular formula is C15H24N2OS2. The van der Waals surface area contributed by atoms with Gasteiger partial charge in [-0.2, -0.15) is 0 Å². The lowest BCUT2D eigenvalue weighted by atomic mass is 10.2. The molecule has 1 atom stereocenters. The number of thiophene rings is 1. The molecule has 0 bridgehead atoms. The first kappa shape index (κ1) is 15.9. The van der Waals surface area contributed by atoms with Gasteiger partial charge < -0.3 is 4.90 Å². The fraction of sp³-hybridized carbons (Fsp3) is 0.667. The van der Waals surface area contributed by atoms with Crippen LogP contribution in [-0.4, -0.2) is 46.6 Å². The molecule has 1 aliphatic heterocycles. The van der Waals surface area contributed by atoms with Gasteiger partial charge in [-0.05, 0) is 39.1 Å². The Morgan fingerprint density at radius 1 is 1.35 bits per heavy atom. The molecule has 0 aromatic carbocycles. The maximum absolute atomic E-state index is 12.1. The van der Waals surface area contributed by atoms with Crippen LogP contribution in [0.2, 0.25) is 0 Å². The first-order chi connectivity index (χ1) is 9.50. The number of carbonyl (C=O) groups excluding carboxylic acids is 1. The maximum Gasteiger partial charge on any atom is 0.233 e. The Balaban J connectivity index is 2.01. The Bertz CT molecular complexity index is 423. The van der Waals surface area contributed by atoms with E-state index in [0.29, 0.717) is 17.8 Å². The van der Waals surface area contributed by atoms with Crippen molar-refractivity contribution in [3.05, 3.63) is 22.4 Å². The predicted octanol–water partition coefficient (Wildman–Crippen LogP) is 3.44. The van der Waals surface area contributed by atoms with Crippen molar-refractivity contribution in [2.24, 2.45) is 0 Å². The summed E-state index contributed by atoms with van der Waals surface area (Å²) in [7, 11) is 0. The Hall–Kier alpha value is -0.520. The van der Waals surface area contributed by atoms with Crippen LogP contribution >= 0.6 is 23.1 Å². The highest BCUT2D eigenvalue weighted by Gasteiger charge is 2.33. The summed E-state index contributed by atoms with van der Waals surface area (Å²) in [5.74, 6) is 0.896. The largest absolute Gasteiger partial charge is 0.324 e. The van der Waals surface area contributed by atoms with Crippen LogP contribution in [0.5, 0.6) is 0 Å². The quantitative estimate of drug-likeness (QED) is 0.804. The zero-order chi connectivity index (χ0) is 14.7. The molecule has 0 aliphatic carbocycles. The molecule has 1 aromatic rings. The van der Waals surface area contributed by atoms with Crippen LogP contribution in [0.15, 0.2) is 17.5 Å². The number of thioether (sulfide) groups is 1. The van der Waals surface area contributed by atoms with Gasteiger partial charge in [0, 0.05) is 30.1 Å². The maximum atomic E-state index is 12.1. The Labute approximate surface area is 130 Å². The number of hydrogen-bond donors (Lipinski definition) is 0. The molecule has 1 aliphatic rings. The van der Waals surface area contributed by atoms with Gasteiger partial charge in [-0.25, -0.2) is 0 Å². The average molecular weight is 313 g/mol. The first-order valence-electron chi connectivity index (χ1n) is 7.21. The first-order valence-corrected chi connectivity index (χ1v) is 9.13. The van der Waals surface area contributed by atoms with E-state index in [1.165, 1.54) is 4.88 Å². The molecule has 5 heteroatoms. The van der Waals surface area contributed by atoms with Gasteiger partial charge >= 0.3 is 0 Å². The summed E-state index contributed by atoms with van der Waals surface area (Å²) in [5.41, 5.74) is 0. The minimum Gasteiger partial charge on any atom is -0.324 e. The molecular weight excluding hydrogens is 288 g/mol. The summed E-state index contributed by atoms with van der Waals surface area (Å²) in [6, 6.07) is 5.23. The van der Waals surface area contributed by atoms with Crippen molar-refractivity contribution in [1.82, 2.24) is 9.80 Å². The van der Waals surface area contributed by atoms with Crippen LogP contribution in [-0.2, 0) is 4.79 Å². The van der Waals surface area contributed by atoms with E-state index in [-0.39, 0.29) is 11.3 Å². The van der Waals surface area contributed by atoms with Crippen LogP contribution in [0.4, 0.5) is 0 Å². The van der Waals surface area contributed by atoms with Gasteiger partial charge in [0.25, 0.3) is 0 Å². The number of nitrogens with zero attached hydrogens (tertiary/aromatic N) is 2. The Kier molecular flexibility index (Phi) is 5.52. The number of rotatable bonds is 6. The zero-order valence-corrected chi connectivity index (χ0v) is 14.3. The molecule has 1 saturated heterocycles. The zero-order valence-electron chi connectivity index (χ0n) is 12.7. The minimum atomic E-state index is 0.226. The molecule has 0 radical (unpaired) electrons. The summed E-state index contributed by atoms with van der Waals surface area (Å²) in [5, 5.41) is 2.31. The van der Waals surface area contributed by atoms with Crippen LogP contribution in [0, 0.1) is 0 Å². The summed E-state index contributed by atoms with van der Waals surface area (Å²) in [6.45, 7) is 10.7. The van der Waals surface area contributed by atoms with Crippen LogP contribution in [0.25, 0.3) is 0 Å². The van der Waals surface area contributed by atoms with E-state index in [0.717, 1.165) is 13.1 Å². The third kappa shape index (κ3) is 3.57. The van der Waals surface area contributed by atoms with E-state index in [1.807, 2.05) is 4.90 Å². The molecule has 3 nitrogen and oxygen atoms in total. The highest BCUT2D eigenvalue weighted by atomic mass is 32.2. The van der Waals surface area contributed by atoms with E-state index in [1.54, 1.807) is 23.1 Å². The van der Waals surface area contributed by atoms with Gasteiger partial charge in [0.05, 0.1) is 5.75 Å². The summed E-state index contributed by atoms with van der Waals surface area (Å²) in [6.07, 6.45) is 0. The minimum absolute atomic E-state index is 0.226. The molecule has 0 saturated carbocycles. The van der Waals surface area contributed by atoms with Gasteiger partial charge in [-0.15, -0.1) is 23.1 Å². The topological polar surface area (TPSA) is 23.6 Å². The standard InChI is InChI=1S/C15H24N2OS2/c1-11(2)16(12(3)4)7-8-17-14(18)10-20-15(17)13-6-5-9-19-13/h5-6,9,11-12,15H,7-8,10H2,1-4H3. The molecule has 1 aromatic heterocycles. The summed E-state index contributed by atoms with van der Waals surface area (Å²) < 4.78 is 0.